The molecule has 6 nitrogen and oxygen atoms in total. The number of rotatable bonds is 4. The lowest BCUT2D eigenvalue weighted by Crippen LogP contribution is -2.10. The number of aromatic nitrogens is 1. The number of hydrogen-bond donors (Lipinski definition) is 0. The highest BCUT2D eigenvalue weighted by atomic mass is 16.6. The van der Waals surface area contributed by atoms with Gasteiger partial charge < -0.3 is 4.74 Å². The molecule has 2 aromatic rings. The van der Waals surface area contributed by atoms with Crippen molar-refractivity contribution in [2.45, 2.75) is 13.8 Å². The Morgan fingerprint density at radius 3 is 2.57 bits per heavy atom. The minimum Gasteiger partial charge on any atom is -0.462 e. The van der Waals surface area contributed by atoms with Gasteiger partial charge in [0.25, 0.3) is 0 Å². The van der Waals surface area contributed by atoms with Crippen LogP contribution in [0, 0.1) is 17.0 Å². The Labute approximate surface area is 121 Å². The number of hydrogen-bond acceptors (Lipinski definition) is 5. The zero-order valence-electron chi connectivity index (χ0n) is 11.7. The summed E-state index contributed by atoms with van der Waals surface area (Å²) in [6, 6.07) is 10.1. The minimum absolute atomic E-state index is 0.0757. The van der Waals surface area contributed by atoms with Crippen molar-refractivity contribution >= 4 is 11.7 Å². The van der Waals surface area contributed by atoms with Gasteiger partial charge in [-0.05, 0) is 19.9 Å². The van der Waals surface area contributed by atoms with E-state index < -0.39 is 10.9 Å². The minimum atomic E-state index is -0.716. The molecule has 0 bridgehead atoms. The standard InChI is InChI=1S/C15H14N2O4/c1-3-21-15(18)12-9-10(2)16-13(14(12)17(19)20)11-7-5-4-6-8-11/h4-9H,3H2,1-2H3. The molecule has 0 aliphatic rings. The highest BCUT2D eigenvalue weighted by Gasteiger charge is 2.28. The maximum absolute atomic E-state index is 12.0. The van der Waals surface area contributed by atoms with Crippen LogP contribution >= 0.6 is 0 Å². The molecule has 0 N–H and O–H groups in total. The number of carbonyl (C=O) groups excluding carboxylic acids is 1. The molecule has 0 atom stereocenters. The van der Waals surface area contributed by atoms with Crippen molar-refractivity contribution in [3.05, 3.63) is 57.8 Å². The van der Waals surface area contributed by atoms with Gasteiger partial charge in [0.05, 0.1) is 11.5 Å². The van der Waals surface area contributed by atoms with Gasteiger partial charge in [0.2, 0.25) is 0 Å². The van der Waals surface area contributed by atoms with E-state index in [9.17, 15) is 14.9 Å². The molecule has 1 aromatic heterocycles. The van der Waals surface area contributed by atoms with Gasteiger partial charge in [-0.2, -0.15) is 0 Å². The number of carbonyl (C=O) groups is 1. The molecule has 108 valence electrons. The second-order valence-corrected chi connectivity index (χ2v) is 4.35. The fourth-order valence-corrected chi connectivity index (χ4v) is 2.01. The van der Waals surface area contributed by atoms with E-state index in [-0.39, 0.29) is 23.6 Å². The van der Waals surface area contributed by atoms with E-state index >= 15 is 0 Å². The Morgan fingerprint density at radius 1 is 1.33 bits per heavy atom. The Hall–Kier alpha value is -2.76. The van der Waals surface area contributed by atoms with Gasteiger partial charge in [-0.1, -0.05) is 30.3 Å². The van der Waals surface area contributed by atoms with Crippen molar-refractivity contribution in [1.82, 2.24) is 4.98 Å². The van der Waals surface area contributed by atoms with Crippen LogP contribution < -0.4 is 0 Å². The van der Waals surface area contributed by atoms with Crippen LogP contribution in [-0.2, 0) is 4.74 Å². The Kier molecular flexibility index (Phi) is 4.27. The average molecular weight is 286 g/mol. The molecular weight excluding hydrogens is 272 g/mol. The second-order valence-electron chi connectivity index (χ2n) is 4.35. The SMILES string of the molecule is CCOC(=O)c1cc(C)nc(-c2ccccc2)c1[N+](=O)[O-]. The van der Waals surface area contributed by atoms with E-state index in [0.717, 1.165) is 0 Å². The first-order chi connectivity index (χ1) is 10.0. The van der Waals surface area contributed by atoms with Gasteiger partial charge in [-0.25, -0.2) is 9.78 Å². The van der Waals surface area contributed by atoms with Crippen LogP contribution in [0.15, 0.2) is 36.4 Å². The Balaban J connectivity index is 2.70. The third-order valence-corrected chi connectivity index (χ3v) is 2.85. The summed E-state index contributed by atoms with van der Waals surface area (Å²) in [6.07, 6.45) is 0. The van der Waals surface area contributed by atoms with Crippen LogP contribution in [0.5, 0.6) is 0 Å². The third-order valence-electron chi connectivity index (χ3n) is 2.85. The Bertz CT molecular complexity index is 684. The fourth-order valence-electron chi connectivity index (χ4n) is 2.01. The maximum atomic E-state index is 12.0. The number of aryl methyl sites for hydroxylation is 1. The number of pyridine rings is 1. The van der Waals surface area contributed by atoms with Crippen molar-refractivity contribution < 1.29 is 14.5 Å². The lowest BCUT2D eigenvalue weighted by molar-refractivity contribution is -0.384. The van der Waals surface area contributed by atoms with E-state index in [1.165, 1.54) is 6.07 Å². The average Bonchev–Trinajstić information content (AvgIpc) is 2.47. The summed E-state index contributed by atoms with van der Waals surface area (Å²) >= 11 is 0. The van der Waals surface area contributed by atoms with Gasteiger partial charge in [-0.15, -0.1) is 0 Å². The molecule has 0 unspecified atom stereocenters. The zero-order chi connectivity index (χ0) is 15.4. The first-order valence-electron chi connectivity index (χ1n) is 6.43. The van der Waals surface area contributed by atoms with E-state index in [1.807, 2.05) is 0 Å². The summed E-state index contributed by atoms with van der Waals surface area (Å²) in [5.74, 6) is -0.716. The predicted molar refractivity (Wildman–Crippen MR) is 77.0 cm³/mol. The normalized spacial score (nSPS) is 10.2. The van der Waals surface area contributed by atoms with E-state index in [2.05, 4.69) is 4.98 Å². The molecule has 0 aliphatic carbocycles. The van der Waals surface area contributed by atoms with Crippen LogP contribution in [0.1, 0.15) is 23.0 Å². The summed E-state index contributed by atoms with van der Waals surface area (Å²) < 4.78 is 4.89. The number of benzene rings is 1. The molecule has 1 heterocycles. The molecule has 0 spiro atoms. The monoisotopic (exact) mass is 286 g/mol. The molecule has 0 saturated heterocycles. The first-order valence-corrected chi connectivity index (χ1v) is 6.43. The third kappa shape index (κ3) is 3.05. The van der Waals surface area contributed by atoms with Crippen LogP contribution in [0.2, 0.25) is 0 Å². The fraction of sp³-hybridized carbons (Fsp3) is 0.200. The highest BCUT2D eigenvalue weighted by molar-refractivity contribution is 5.97. The first kappa shape index (κ1) is 14.6. The highest BCUT2D eigenvalue weighted by Crippen LogP contribution is 2.32. The molecular formula is C15H14N2O4. The second kappa shape index (κ2) is 6.13. The number of nitrogens with zero attached hydrogens (tertiary/aromatic N) is 2. The lowest BCUT2D eigenvalue weighted by Gasteiger charge is -2.08. The van der Waals surface area contributed by atoms with Gasteiger partial charge in [0.1, 0.15) is 11.3 Å². The molecule has 21 heavy (non-hydrogen) atoms. The molecule has 0 amide bonds. The van der Waals surface area contributed by atoms with Crippen LogP contribution in [0.25, 0.3) is 11.3 Å². The summed E-state index contributed by atoms with van der Waals surface area (Å²) in [5.41, 5.74) is 0.864. The predicted octanol–water partition coefficient (Wildman–Crippen LogP) is 3.14. The van der Waals surface area contributed by atoms with E-state index in [0.29, 0.717) is 11.3 Å². The summed E-state index contributed by atoms with van der Waals surface area (Å²) in [7, 11) is 0. The maximum Gasteiger partial charge on any atom is 0.345 e. The van der Waals surface area contributed by atoms with Crippen LogP contribution in [0.3, 0.4) is 0 Å². The van der Waals surface area contributed by atoms with Crippen LogP contribution in [-0.4, -0.2) is 22.5 Å². The van der Waals surface area contributed by atoms with E-state index in [1.54, 1.807) is 44.2 Å². The van der Waals surface area contributed by atoms with Crippen molar-refractivity contribution in [1.29, 1.82) is 0 Å². The van der Waals surface area contributed by atoms with Gasteiger partial charge in [0, 0.05) is 11.3 Å². The summed E-state index contributed by atoms with van der Waals surface area (Å²) in [5, 5.41) is 11.4. The molecule has 2 rings (SSSR count). The smallest absolute Gasteiger partial charge is 0.345 e. The topological polar surface area (TPSA) is 82.3 Å². The van der Waals surface area contributed by atoms with Gasteiger partial charge in [0.15, 0.2) is 0 Å². The van der Waals surface area contributed by atoms with Gasteiger partial charge >= 0.3 is 11.7 Å². The molecule has 0 fully saturated rings. The quantitative estimate of drug-likeness (QED) is 0.490. The van der Waals surface area contributed by atoms with Crippen molar-refractivity contribution in [3.8, 4) is 11.3 Å². The summed E-state index contributed by atoms with van der Waals surface area (Å²) in [4.78, 5) is 27.0. The molecule has 0 saturated carbocycles. The molecule has 6 heteroatoms. The summed E-state index contributed by atoms with van der Waals surface area (Å²) in [6.45, 7) is 3.48. The molecule has 0 aliphatic heterocycles. The number of esters is 1. The van der Waals surface area contributed by atoms with Crippen molar-refractivity contribution in [3.63, 3.8) is 0 Å². The lowest BCUT2D eigenvalue weighted by atomic mass is 10.1. The Morgan fingerprint density at radius 2 is 2.00 bits per heavy atom. The largest absolute Gasteiger partial charge is 0.462 e. The van der Waals surface area contributed by atoms with Crippen molar-refractivity contribution in [2.24, 2.45) is 0 Å². The molecule has 0 radical (unpaired) electrons. The number of nitro groups is 1. The van der Waals surface area contributed by atoms with Crippen LogP contribution in [0.4, 0.5) is 5.69 Å². The number of ether oxygens (including phenoxy) is 1. The molecule has 1 aromatic carbocycles. The van der Waals surface area contributed by atoms with Gasteiger partial charge in [-0.3, -0.25) is 10.1 Å². The van der Waals surface area contributed by atoms with Crippen molar-refractivity contribution in [2.75, 3.05) is 6.61 Å². The zero-order valence-corrected chi connectivity index (χ0v) is 11.7. The van der Waals surface area contributed by atoms with E-state index in [4.69, 9.17) is 4.74 Å².